The first-order chi connectivity index (χ1) is 11.1. The number of thiophene rings is 1. The highest BCUT2D eigenvalue weighted by Crippen LogP contribution is 2.37. The van der Waals surface area contributed by atoms with E-state index in [2.05, 4.69) is 5.32 Å². The fourth-order valence-corrected chi connectivity index (χ4v) is 3.58. The van der Waals surface area contributed by atoms with Gasteiger partial charge in [-0.25, -0.2) is 4.39 Å². The first-order valence-corrected chi connectivity index (χ1v) is 8.25. The number of rotatable bonds is 4. The molecule has 120 valence electrons. The van der Waals surface area contributed by atoms with Crippen LogP contribution in [-0.2, 0) is 16.1 Å². The van der Waals surface area contributed by atoms with Crippen LogP contribution in [0.15, 0.2) is 41.8 Å². The van der Waals surface area contributed by atoms with Crippen molar-refractivity contribution in [2.24, 2.45) is 5.92 Å². The molecule has 0 unspecified atom stereocenters. The van der Waals surface area contributed by atoms with E-state index in [0.717, 1.165) is 10.4 Å². The highest BCUT2D eigenvalue weighted by atomic mass is 32.1. The van der Waals surface area contributed by atoms with E-state index in [1.165, 1.54) is 12.1 Å². The van der Waals surface area contributed by atoms with Gasteiger partial charge in [0, 0.05) is 18.3 Å². The number of carbonyl (C=O) groups is 2. The van der Waals surface area contributed by atoms with Crippen molar-refractivity contribution in [3.63, 3.8) is 0 Å². The quantitative estimate of drug-likeness (QED) is 0.936. The van der Waals surface area contributed by atoms with Gasteiger partial charge in [0.1, 0.15) is 5.82 Å². The van der Waals surface area contributed by atoms with Crippen LogP contribution in [0.1, 0.15) is 22.9 Å². The van der Waals surface area contributed by atoms with E-state index in [9.17, 15) is 14.0 Å². The Morgan fingerprint density at radius 3 is 2.74 bits per heavy atom. The molecule has 1 aliphatic rings. The molecular weight excluding hydrogens is 315 g/mol. The molecule has 1 aromatic heterocycles. The minimum atomic E-state index is -0.460. The van der Waals surface area contributed by atoms with Crippen LogP contribution in [-0.4, -0.2) is 23.8 Å². The second-order valence-corrected chi connectivity index (χ2v) is 6.64. The maximum Gasteiger partial charge on any atom is 0.226 e. The van der Waals surface area contributed by atoms with Crippen LogP contribution in [0.4, 0.5) is 4.39 Å². The molecule has 0 spiro atoms. The summed E-state index contributed by atoms with van der Waals surface area (Å²) in [6.45, 7) is 0.459. The van der Waals surface area contributed by atoms with Crippen LogP contribution in [0, 0.1) is 11.7 Å². The summed E-state index contributed by atoms with van der Waals surface area (Å²) in [5, 5.41) is 4.85. The highest BCUT2D eigenvalue weighted by Gasteiger charge is 2.42. The topological polar surface area (TPSA) is 49.4 Å². The van der Waals surface area contributed by atoms with E-state index in [4.69, 9.17) is 0 Å². The summed E-state index contributed by atoms with van der Waals surface area (Å²) in [5.74, 6) is -1.02. The first-order valence-electron chi connectivity index (χ1n) is 7.37. The van der Waals surface area contributed by atoms with Crippen LogP contribution in [0.25, 0.3) is 0 Å². The maximum atomic E-state index is 13.1. The number of amides is 2. The van der Waals surface area contributed by atoms with Crippen LogP contribution in [0.2, 0.25) is 0 Å². The zero-order valence-corrected chi connectivity index (χ0v) is 13.5. The fourth-order valence-electron chi connectivity index (χ4n) is 2.94. The predicted molar refractivity (Wildman–Crippen MR) is 86.2 cm³/mol. The maximum absolute atomic E-state index is 13.1. The third-order valence-corrected chi connectivity index (χ3v) is 5.03. The number of carbonyl (C=O) groups excluding carboxylic acids is 2. The van der Waals surface area contributed by atoms with E-state index in [0.29, 0.717) is 6.54 Å². The molecule has 2 atom stereocenters. The van der Waals surface area contributed by atoms with Gasteiger partial charge in [0.2, 0.25) is 11.8 Å². The van der Waals surface area contributed by atoms with Gasteiger partial charge in [0.15, 0.2) is 0 Å². The minimum absolute atomic E-state index is 0.0735. The van der Waals surface area contributed by atoms with Gasteiger partial charge in [-0.1, -0.05) is 18.2 Å². The molecule has 2 aromatic rings. The molecule has 1 aliphatic heterocycles. The Kier molecular flexibility index (Phi) is 4.43. The van der Waals surface area contributed by atoms with Crippen molar-refractivity contribution in [3.05, 3.63) is 58.0 Å². The minimum Gasteiger partial charge on any atom is -0.351 e. The Labute approximate surface area is 137 Å². The highest BCUT2D eigenvalue weighted by molar-refractivity contribution is 7.09. The van der Waals surface area contributed by atoms with Gasteiger partial charge in [-0.15, -0.1) is 11.3 Å². The lowest BCUT2D eigenvalue weighted by Crippen LogP contribution is -2.34. The van der Waals surface area contributed by atoms with E-state index >= 15 is 0 Å². The summed E-state index contributed by atoms with van der Waals surface area (Å²) in [6, 6.07) is 9.50. The van der Waals surface area contributed by atoms with Crippen molar-refractivity contribution in [1.29, 1.82) is 0 Å². The molecule has 1 N–H and O–H groups in total. The van der Waals surface area contributed by atoms with Crippen LogP contribution in [0.5, 0.6) is 0 Å². The molecule has 2 heterocycles. The number of likely N-dealkylation sites (tertiary alicyclic amines) is 1. The lowest BCUT2D eigenvalue weighted by atomic mass is 9.93. The Morgan fingerprint density at radius 2 is 2.09 bits per heavy atom. The second-order valence-electron chi connectivity index (χ2n) is 5.61. The van der Waals surface area contributed by atoms with E-state index in [1.807, 2.05) is 17.5 Å². The number of benzene rings is 1. The van der Waals surface area contributed by atoms with Crippen LogP contribution >= 0.6 is 11.3 Å². The van der Waals surface area contributed by atoms with Gasteiger partial charge in [0.25, 0.3) is 0 Å². The number of nitrogens with zero attached hydrogens (tertiary/aromatic N) is 1. The zero-order chi connectivity index (χ0) is 16.4. The average Bonchev–Trinajstić information content (AvgIpc) is 3.15. The number of halogens is 1. The molecule has 1 saturated heterocycles. The molecule has 6 heteroatoms. The summed E-state index contributed by atoms with van der Waals surface area (Å²) in [6.07, 6.45) is 0.175. The van der Waals surface area contributed by atoms with Gasteiger partial charge >= 0.3 is 0 Å². The Bertz CT molecular complexity index is 700. The van der Waals surface area contributed by atoms with Crippen molar-refractivity contribution in [2.75, 3.05) is 7.05 Å². The lowest BCUT2D eigenvalue weighted by molar-refractivity contribution is -0.128. The summed E-state index contributed by atoms with van der Waals surface area (Å²) in [5.41, 5.74) is 0.774. The predicted octanol–water partition coefficient (Wildman–Crippen LogP) is 2.72. The molecule has 23 heavy (non-hydrogen) atoms. The van der Waals surface area contributed by atoms with E-state index < -0.39 is 5.92 Å². The van der Waals surface area contributed by atoms with Gasteiger partial charge in [-0.3, -0.25) is 9.59 Å². The molecule has 4 nitrogen and oxygen atoms in total. The molecule has 1 fully saturated rings. The van der Waals surface area contributed by atoms with Crippen LogP contribution in [0.3, 0.4) is 0 Å². The Morgan fingerprint density at radius 1 is 1.35 bits per heavy atom. The van der Waals surface area contributed by atoms with E-state index in [-0.39, 0.29) is 30.1 Å². The first kappa shape index (κ1) is 15.7. The third-order valence-electron chi connectivity index (χ3n) is 4.15. The molecule has 0 radical (unpaired) electrons. The van der Waals surface area contributed by atoms with Gasteiger partial charge in [-0.2, -0.15) is 0 Å². The normalized spacial score (nSPS) is 20.8. The van der Waals surface area contributed by atoms with Crippen molar-refractivity contribution in [2.45, 2.75) is 19.0 Å². The monoisotopic (exact) mass is 332 g/mol. The summed E-state index contributed by atoms with van der Waals surface area (Å²) in [7, 11) is 1.68. The molecule has 3 rings (SSSR count). The third kappa shape index (κ3) is 3.27. The largest absolute Gasteiger partial charge is 0.351 e. The Balaban J connectivity index is 1.76. The van der Waals surface area contributed by atoms with Gasteiger partial charge < -0.3 is 10.2 Å². The SMILES string of the molecule is CN1C(=O)C[C@@H](C(=O)NCc2cccs2)[C@@H]1c1ccc(F)cc1. The van der Waals surface area contributed by atoms with Crippen molar-refractivity contribution < 1.29 is 14.0 Å². The van der Waals surface area contributed by atoms with Crippen molar-refractivity contribution >= 4 is 23.2 Å². The molecule has 1 aromatic carbocycles. The summed E-state index contributed by atoms with van der Waals surface area (Å²) < 4.78 is 13.1. The lowest BCUT2D eigenvalue weighted by Gasteiger charge is -2.24. The fraction of sp³-hybridized carbons (Fsp3) is 0.294. The second kappa shape index (κ2) is 6.50. The molecule has 0 saturated carbocycles. The number of hydrogen-bond donors (Lipinski definition) is 1. The molecule has 0 bridgehead atoms. The smallest absolute Gasteiger partial charge is 0.226 e. The Hall–Kier alpha value is -2.21. The van der Waals surface area contributed by atoms with Crippen molar-refractivity contribution in [1.82, 2.24) is 10.2 Å². The summed E-state index contributed by atoms with van der Waals surface area (Å²) in [4.78, 5) is 27.2. The van der Waals surface area contributed by atoms with Gasteiger partial charge in [0.05, 0.1) is 18.5 Å². The van der Waals surface area contributed by atoms with Crippen molar-refractivity contribution in [3.8, 4) is 0 Å². The van der Waals surface area contributed by atoms with E-state index in [1.54, 1.807) is 35.4 Å². The number of hydrogen-bond acceptors (Lipinski definition) is 3. The molecular formula is C17H17FN2O2S. The molecule has 2 amide bonds. The average molecular weight is 332 g/mol. The zero-order valence-electron chi connectivity index (χ0n) is 12.7. The van der Waals surface area contributed by atoms with Crippen LogP contribution < -0.4 is 5.32 Å². The standard InChI is InChI=1S/C17H17FN2O2S/c1-20-15(21)9-14(16(20)11-4-6-12(18)7-5-11)17(22)19-10-13-3-2-8-23-13/h2-8,14,16H,9-10H2,1H3,(H,19,22)/t14-,16+/m1/s1. The molecule has 0 aliphatic carbocycles. The number of nitrogens with one attached hydrogen (secondary N) is 1. The summed E-state index contributed by atoms with van der Waals surface area (Å²) >= 11 is 1.57. The van der Waals surface area contributed by atoms with Gasteiger partial charge in [-0.05, 0) is 29.1 Å².